The number of hydrogen-bond donors (Lipinski definition) is 0. The Bertz CT molecular complexity index is 711. The lowest BCUT2D eigenvalue weighted by Crippen LogP contribution is -2.41. The standard InChI is InChI=1S/C18H17BrN2O2S/c19-11-12-20-16(22)17(24-18(20)23)21(15-9-5-2-6-10-15)13-14-7-3-1-4-8-14/h1-10,17H,11-13H2/t17-/m0/s1. The topological polar surface area (TPSA) is 40.6 Å². The lowest BCUT2D eigenvalue weighted by atomic mass is 10.2. The maximum absolute atomic E-state index is 12.7. The normalized spacial score (nSPS) is 17.4. The first-order chi connectivity index (χ1) is 11.7. The zero-order valence-electron chi connectivity index (χ0n) is 13.0. The van der Waals surface area contributed by atoms with Crippen LogP contribution in [0, 0.1) is 0 Å². The van der Waals surface area contributed by atoms with Gasteiger partial charge < -0.3 is 4.90 Å². The van der Waals surface area contributed by atoms with Gasteiger partial charge in [0.25, 0.3) is 11.1 Å². The van der Waals surface area contributed by atoms with Crippen LogP contribution in [0.15, 0.2) is 60.7 Å². The van der Waals surface area contributed by atoms with Crippen molar-refractivity contribution in [2.75, 3.05) is 16.8 Å². The number of nitrogens with zero attached hydrogens (tertiary/aromatic N) is 2. The van der Waals surface area contributed by atoms with Gasteiger partial charge in [0.05, 0.1) is 0 Å². The molecule has 0 aliphatic carbocycles. The maximum Gasteiger partial charge on any atom is 0.290 e. The van der Waals surface area contributed by atoms with E-state index in [0.717, 1.165) is 23.0 Å². The van der Waals surface area contributed by atoms with Gasteiger partial charge in [-0.3, -0.25) is 14.5 Å². The highest BCUT2D eigenvalue weighted by molar-refractivity contribution is 9.09. The molecule has 0 N–H and O–H groups in total. The first kappa shape index (κ1) is 17.0. The molecule has 1 aliphatic heterocycles. The largest absolute Gasteiger partial charge is 0.347 e. The molecule has 0 unspecified atom stereocenters. The minimum absolute atomic E-state index is 0.149. The summed E-state index contributed by atoms with van der Waals surface area (Å²) in [5.74, 6) is -0.149. The lowest BCUT2D eigenvalue weighted by molar-refractivity contribution is -0.126. The van der Waals surface area contributed by atoms with Crippen molar-refractivity contribution in [2.45, 2.75) is 11.9 Å². The SMILES string of the molecule is O=C1S[C@H](N(Cc2ccccc2)c2ccccc2)C(=O)N1CCBr. The zero-order valence-corrected chi connectivity index (χ0v) is 15.4. The molecule has 0 spiro atoms. The number of anilines is 1. The quantitative estimate of drug-likeness (QED) is 0.679. The van der Waals surface area contributed by atoms with Gasteiger partial charge in [0.2, 0.25) is 0 Å². The van der Waals surface area contributed by atoms with E-state index in [4.69, 9.17) is 0 Å². The zero-order chi connectivity index (χ0) is 16.9. The van der Waals surface area contributed by atoms with Crippen LogP contribution in [-0.4, -0.2) is 33.3 Å². The Morgan fingerprint density at radius 3 is 2.25 bits per heavy atom. The first-order valence-corrected chi connectivity index (χ1v) is 9.64. The Morgan fingerprint density at radius 1 is 1.00 bits per heavy atom. The fourth-order valence-corrected chi connectivity index (χ4v) is 4.03. The van der Waals surface area contributed by atoms with E-state index >= 15 is 0 Å². The predicted octanol–water partition coefficient (Wildman–Crippen LogP) is 4.11. The van der Waals surface area contributed by atoms with Crippen LogP contribution in [0.1, 0.15) is 5.56 Å². The Balaban J connectivity index is 1.90. The Hall–Kier alpha value is -1.79. The second-order valence-corrected chi connectivity index (χ2v) is 7.19. The van der Waals surface area contributed by atoms with Gasteiger partial charge in [0, 0.05) is 24.1 Å². The minimum Gasteiger partial charge on any atom is -0.347 e. The highest BCUT2D eigenvalue weighted by Crippen LogP contribution is 2.33. The van der Waals surface area contributed by atoms with E-state index in [0.29, 0.717) is 18.4 Å². The molecule has 3 rings (SSSR count). The number of carbonyl (C=O) groups excluding carboxylic acids is 2. The molecule has 2 amide bonds. The molecular formula is C18H17BrN2O2S. The molecule has 24 heavy (non-hydrogen) atoms. The van der Waals surface area contributed by atoms with E-state index in [2.05, 4.69) is 15.9 Å². The van der Waals surface area contributed by atoms with Crippen molar-refractivity contribution in [3.8, 4) is 0 Å². The number of halogens is 1. The van der Waals surface area contributed by atoms with Crippen LogP contribution in [0.3, 0.4) is 0 Å². The van der Waals surface area contributed by atoms with Crippen molar-refractivity contribution in [2.24, 2.45) is 0 Å². The van der Waals surface area contributed by atoms with Crippen molar-refractivity contribution in [1.82, 2.24) is 4.90 Å². The molecule has 1 aliphatic rings. The fourth-order valence-electron chi connectivity index (χ4n) is 2.62. The summed E-state index contributed by atoms with van der Waals surface area (Å²) in [5.41, 5.74) is 2.03. The molecule has 1 atom stereocenters. The molecular weight excluding hydrogens is 388 g/mol. The summed E-state index contributed by atoms with van der Waals surface area (Å²) in [6.45, 7) is 0.971. The molecule has 2 aromatic rings. The van der Waals surface area contributed by atoms with E-state index in [1.54, 1.807) is 0 Å². The van der Waals surface area contributed by atoms with Crippen molar-refractivity contribution in [3.05, 3.63) is 66.2 Å². The van der Waals surface area contributed by atoms with E-state index in [9.17, 15) is 9.59 Å². The minimum atomic E-state index is -0.529. The molecule has 0 radical (unpaired) electrons. The Morgan fingerprint density at radius 2 is 1.62 bits per heavy atom. The van der Waals surface area contributed by atoms with Gasteiger partial charge in [-0.2, -0.15) is 0 Å². The van der Waals surface area contributed by atoms with Gasteiger partial charge in [-0.15, -0.1) is 0 Å². The van der Waals surface area contributed by atoms with Crippen LogP contribution in [-0.2, 0) is 11.3 Å². The molecule has 124 valence electrons. The molecule has 1 fully saturated rings. The van der Waals surface area contributed by atoms with Crippen molar-refractivity contribution < 1.29 is 9.59 Å². The fraction of sp³-hybridized carbons (Fsp3) is 0.222. The summed E-state index contributed by atoms with van der Waals surface area (Å²) < 4.78 is 0. The number of alkyl halides is 1. The van der Waals surface area contributed by atoms with Gasteiger partial charge in [-0.05, 0) is 29.5 Å². The third-order valence-corrected chi connectivity index (χ3v) is 5.24. The third kappa shape index (κ3) is 3.65. The Labute approximate surface area is 154 Å². The van der Waals surface area contributed by atoms with Crippen molar-refractivity contribution in [1.29, 1.82) is 0 Å². The summed E-state index contributed by atoms with van der Waals surface area (Å²) in [7, 11) is 0. The average molecular weight is 405 g/mol. The molecule has 0 saturated carbocycles. The predicted molar refractivity (Wildman–Crippen MR) is 101 cm³/mol. The van der Waals surface area contributed by atoms with Gasteiger partial charge >= 0.3 is 0 Å². The third-order valence-electron chi connectivity index (χ3n) is 3.78. The van der Waals surface area contributed by atoms with Crippen LogP contribution in [0.2, 0.25) is 0 Å². The summed E-state index contributed by atoms with van der Waals surface area (Å²) >= 11 is 4.39. The van der Waals surface area contributed by atoms with E-state index < -0.39 is 5.37 Å². The van der Waals surface area contributed by atoms with Crippen LogP contribution >= 0.6 is 27.7 Å². The van der Waals surface area contributed by atoms with Gasteiger partial charge in [0.1, 0.15) is 0 Å². The van der Waals surface area contributed by atoms with Gasteiger partial charge in [0.15, 0.2) is 5.37 Å². The summed E-state index contributed by atoms with van der Waals surface area (Å²) in [6, 6.07) is 19.7. The highest BCUT2D eigenvalue weighted by Gasteiger charge is 2.42. The second kappa shape index (κ2) is 7.85. The van der Waals surface area contributed by atoms with Crippen LogP contribution in [0.4, 0.5) is 10.5 Å². The molecule has 6 heteroatoms. The highest BCUT2D eigenvalue weighted by atomic mass is 79.9. The number of para-hydroxylation sites is 1. The number of imide groups is 1. The molecule has 1 saturated heterocycles. The number of rotatable bonds is 6. The monoisotopic (exact) mass is 404 g/mol. The van der Waals surface area contributed by atoms with Crippen molar-refractivity contribution >= 4 is 44.5 Å². The van der Waals surface area contributed by atoms with E-state index in [1.165, 1.54) is 4.90 Å². The van der Waals surface area contributed by atoms with Crippen LogP contribution in [0.25, 0.3) is 0 Å². The van der Waals surface area contributed by atoms with Crippen LogP contribution in [0.5, 0.6) is 0 Å². The summed E-state index contributed by atoms with van der Waals surface area (Å²) in [4.78, 5) is 28.2. The number of hydrogen-bond acceptors (Lipinski definition) is 4. The summed E-state index contributed by atoms with van der Waals surface area (Å²) in [5, 5.41) is -0.125. The molecule has 1 heterocycles. The average Bonchev–Trinajstić information content (AvgIpc) is 2.90. The van der Waals surface area contributed by atoms with E-state index in [-0.39, 0.29) is 11.1 Å². The molecule has 0 bridgehead atoms. The number of thioether (sulfide) groups is 1. The molecule has 2 aromatic carbocycles. The van der Waals surface area contributed by atoms with E-state index in [1.807, 2.05) is 65.6 Å². The first-order valence-electron chi connectivity index (χ1n) is 7.64. The van der Waals surface area contributed by atoms with Crippen LogP contribution < -0.4 is 4.90 Å². The second-order valence-electron chi connectivity index (χ2n) is 5.36. The van der Waals surface area contributed by atoms with Crippen molar-refractivity contribution in [3.63, 3.8) is 0 Å². The molecule has 4 nitrogen and oxygen atoms in total. The summed E-state index contributed by atoms with van der Waals surface area (Å²) in [6.07, 6.45) is 0. The number of amides is 2. The lowest BCUT2D eigenvalue weighted by Gasteiger charge is -2.29. The van der Waals surface area contributed by atoms with Gasteiger partial charge in [-0.25, -0.2) is 0 Å². The van der Waals surface area contributed by atoms with Gasteiger partial charge in [-0.1, -0.05) is 64.5 Å². The molecule has 0 aromatic heterocycles. The number of carbonyl (C=O) groups is 2. The maximum atomic E-state index is 12.7. The number of benzene rings is 2. The smallest absolute Gasteiger partial charge is 0.290 e. The Kier molecular flexibility index (Phi) is 5.58.